The number of anilines is 1. The first-order chi connectivity index (χ1) is 17.7. The van der Waals surface area contributed by atoms with Gasteiger partial charge in [-0.3, -0.25) is 9.59 Å². The van der Waals surface area contributed by atoms with E-state index in [1.807, 2.05) is 13.8 Å². The molecule has 0 unspecified atom stereocenters. The lowest BCUT2D eigenvalue weighted by Crippen LogP contribution is -2.53. The second-order valence-corrected chi connectivity index (χ2v) is 9.74. The van der Waals surface area contributed by atoms with E-state index in [0.29, 0.717) is 36.4 Å². The molecular weight excluding hydrogens is 479 g/mol. The minimum Gasteiger partial charge on any atom is -0.490 e. The second kappa shape index (κ2) is 11.6. The maximum Gasteiger partial charge on any atom is 0.319 e. The molecule has 2 aliphatic heterocycles. The van der Waals surface area contributed by atoms with Crippen molar-refractivity contribution in [3.8, 4) is 5.75 Å². The molecule has 2 heterocycles. The Morgan fingerprint density at radius 1 is 1.14 bits per heavy atom. The normalized spacial score (nSPS) is 21.2. The highest BCUT2D eigenvalue weighted by Gasteiger charge is 2.39. The zero-order valence-corrected chi connectivity index (χ0v) is 21.3. The fourth-order valence-electron chi connectivity index (χ4n) is 4.62. The molecule has 3 N–H and O–H groups in total. The van der Waals surface area contributed by atoms with Gasteiger partial charge >= 0.3 is 6.03 Å². The highest BCUT2D eigenvalue weighted by molar-refractivity contribution is 5.99. The van der Waals surface area contributed by atoms with Crippen LogP contribution in [0.2, 0.25) is 0 Å². The number of nitrogens with zero attached hydrogens (tertiary/aromatic N) is 1. The molecule has 0 aromatic heterocycles. The van der Waals surface area contributed by atoms with Gasteiger partial charge < -0.3 is 30.3 Å². The van der Waals surface area contributed by atoms with Crippen LogP contribution in [-0.2, 0) is 16.1 Å². The van der Waals surface area contributed by atoms with Crippen molar-refractivity contribution in [1.82, 2.24) is 15.5 Å². The first kappa shape index (κ1) is 26.4. The second-order valence-electron chi connectivity index (χ2n) is 9.74. The number of carbonyl (C=O) groups is 3. The van der Waals surface area contributed by atoms with Crippen LogP contribution >= 0.6 is 0 Å². The average Bonchev–Trinajstić information content (AvgIpc) is 2.85. The van der Waals surface area contributed by atoms with E-state index in [1.54, 1.807) is 42.3 Å². The maximum atomic E-state index is 13.3. The number of fused-ring (bicyclic) bond motifs is 2. The number of likely N-dealkylation sites (N-methyl/N-ethyl adjacent to an activating group) is 1. The number of benzene rings is 2. The van der Waals surface area contributed by atoms with Crippen molar-refractivity contribution >= 4 is 23.5 Å². The Balaban J connectivity index is 1.37. The molecule has 2 aliphatic rings. The zero-order valence-electron chi connectivity index (χ0n) is 21.3. The predicted octanol–water partition coefficient (Wildman–Crippen LogP) is 3.44. The molecule has 1 fully saturated rings. The minimum absolute atomic E-state index is 0.0200. The minimum atomic E-state index is -0.389. The number of amides is 4. The summed E-state index contributed by atoms with van der Waals surface area (Å²) in [5.41, 5.74) is 1.67. The number of hydrogen-bond donors (Lipinski definition) is 3. The van der Waals surface area contributed by atoms with Crippen molar-refractivity contribution < 1.29 is 28.2 Å². The Morgan fingerprint density at radius 2 is 1.89 bits per heavy atom. The van der Waals surface area contributed by atoms with Crippen LogP contribution in [0.25, 0.3) is 0 Å². The molecule has 3 atom stereocenters. The van der Waals surface area contributed by atoms with Crippen LogP contribution in [0.1, 0.15) is 49.0 Å². The van der Waals surface area contributed by atoms with E-state index in [2.05, 4.69) is 16.0 Å². The molecule has 37 heavy (non-hydrogen) atoms. The highest BCUT2D eigenvalue weighted by atomic mass is 19.1. The van der Waals surface area contributed by atoms with Crippen LogP contribution in [0.3, 0.4) is 0 Å². The van der Waals surface area contributed by atoms with E-state index in [-0.39, 0.29) is 61.0 Å². The average molecular weight is 513 g/mol. The lowest BCUT2D eigenvalue weighted by Gasteiger charge is -2.42. The molecule has 0 saturated carbocycles. The molecule has 1 saturated heterocycles. The van der Waals surface area contributed by atoms with Crippen molar-refractivity contribution in [3.63, 3.8) is 0 Å². The van der Waals surface area contributed by atoms with Gasteiger partial charge in [0.15, 0.2) is 0 Å². The molecular formula is C27H33FN4O5. The molecule has 198 valence electrons. The van der Waals surface area contributed by atoms with Crippen LogP contribution in [0.5, 0.6) is 5.75 Å². The van der Waals surface area contributed by atoms with Crippen molar-refractivity contribution in [2.24, 2.45) is 0 Å². The van der Waals surface area contributed by atoms with E-state index < -0.39 is 0 Å². The molecule has 0 spiro atoms. The highest BCUT2D eigenvalue weighted by Crippen LogP contribution is 2.32. The molecule has 0 bridgehead atoms. The quantitative estimate of drug-likeness (QED) is 0.550. The molecule has 4 rings (SSSR count). The molecule has 2 aromatic carbocycles. The van der Waals surface area contributed by atoms with Gasteiger partial charge in [0.1, 0.15) is 24.3 Å². The van der Waals surface area contributed by atoms with Gasteiger partial charge in [-0.2, -0.15) is 0 Å². The standard InChI is InChI=1S/C27H33FN4O5/c1-16(2)30-27(35)31-19-8-11-23-21(12-19)26(34)32(3)22-10-9-20(37-24(22)15-36-23)13-25(33)29-14-17-4-6-18(28)7-5-17/h4-8,11-12,16,20,22,24H,9-10,13-15H2,1-3H3,(H,29,33)(H2,30,31,35)/t20-,22-,24+/m1/s1. The van der Waals surface area contributed by atoms with E-state index in [9.17, 15) is 18.8 Å². The lowest BCUT2D eigenvalue weighted by atomic mass is 9.94. The van der Waals surface area contributed by atoms with Gasteiger partial charge in [-0.25, -0.2) is 9.18 Å². The van der Waals surface area contributed by atoms with Gasteiger partial charge in [0.2, 0.25) is 5.91 Å². The molecule has 2 aromatic rings. The Bertz CT molecular complexity index is 1140. The number of ether oxygens (including phenoxy) is 2. The maximum absolute atomic E-state index is 13.3. The van der Waals surface area contributed by atoms with Crippen molar-refractivity contribution in [2.75, 3.05) is 19.0 Å². The Hall–Kier alpha value is -3.66. The van der Waals surface area contributed by atoms with E-state index in [0.717, 1.165) is 5.56 Å². The fraction of sp³-hybridized carbons (Fsp3) is 0.444. The summed E-state index contributed by atoms with van der Waals surface area (Å²) in [6.07, 6.45) is 0.779. The summed E-state index contributed by atoms with van der Waals surface area (Å²) in [5, 5.41) is 8.34. The summed E-state index contributed by atoms with van der Waals surface area (Å²) in [5.74, 6) is -0.292. The molecule has 9 nitrogen and oxygen atoms in total. The Morgan fingerprint density at radius 3 is 2.62 bits per heavy atom. The third-order valence-electron chi connectivity index (χ3n) is 6.51. The van der Waals surface area contributed by atoms with Gasteiger partial charge in [-0.15, -0.1) is 0 Å². The van der Waals surface area contributed by atoms with Crippen LogP contribution in [0.15, 0.2) is 42.5 Å². The molecule has 0 aliphatic carbocycles. The van der Waals surface area contributed by atoms with Crippen molar-refractivity contribution in [3.05, 3.63) is 59.4 Å². The number of urea groups is 1. The Labute approximate surface area is 215 Å². The summed E-state index contributed by atoms with van der Waals surface area (Å²) in [6, 6.07) is 10.4. The van der Waals surface area contributed by atoms with Gasteiger partial charge in [0.05, 0.1) is 24.1 Å². The molecule has 10 heteroatoms. The zero-order chi connectivity index (χ0) is 26.5. The largest absolute Gasteiger partial charge is 0.490 e. The summed E-state index contributed by atoms with van der Waals surface area (Å²) in [6.45, 7) is 4.26. The van der Waals surface area contributed by atoms with Crippen molar-refractivity contribution in [1.29, 1.82) is 0 Å². The summed E-state index contributed by atoms with van der Waals surface area (Å²) in [7, 11) is 1.74. The van der Waals surface area contributed by atoms with E-state index in [4.69, 9.17) is 9.47 Å². The van der Waals surface area contributed by atoms with Gasteiger partial charge in [0, 0.05) is 25.3 Å². The number of halogens is 1. The topological polar surface area (TPSA) is 109 Å². The van der Waals surface area contributed by atoms with E-state index >= 15 is 0 Å². The third-order valence-corrected chi connectivity index (χ3v) is 6.51. The van der Waals surface area contributed by atoms with E-state index in [1.165, 1.54) is 12.1 Å². The number of carbonyl (C=O) groups excluding carboxylic acids is 3. The number of rotatable bonds is 6. The SMILES string of the molecule is CC(C)NC(=O)Nc1ccc2c(c1)C(=O)N(C)[C@@H]1CC[C@H](CC(=O)NCc3ccc(F)cc3)O[C@H]1CO2. The Kier molecular flexibility index (Phi) is 8.27. The van der Waals surface area contributed by atoms with Gasteiger partial charge in [-0.1, -0.05) is 12.1 Å². The molecule has 0 radical (unpaired) electrons. The molecule has 4 amide bonds. The summed E-state index contributed by atoms with van der Waals surface area (Å²) >= 11 is 0. The summed E-state index contributed by atoms with van der Waals surface area (Å²) in [4.78, 5) is 39.6. The monoisotopic (exact) mass is 512 g/mol. The van der Waals surface area contributed by atoms with Crippen LogP contribution in [-0.4, -0.2) is 60.7 Å². The third kappa shape index (κ3) is 6.76. The lowest BCUT2D eigenvalue weighted by molar-refractivity contribution is -0.134. The summed E-state index contributed by atoms with van der Waals surface area (Å²) < 4.78 is 25.3. The predicted molar refractivity (Wildman–Crippen MR) is 136 cm³/mol. The fourth-order valence-corrected chi connectivity index (χ4v) is 4.62. The van der Waals surface area contributed by atoms with Gasteiger partial charge in [-0.05, 0) is 62.6 Å². The first-order valence-electron chi connectivity index (χ1n) is 12.5. The van der Waals surface area contributed by atoms with Crippen LogP contribution < -0.4 is 20.7 Å². The number of nitrogens with one attached hydrogen (secondary N) is 3. The van der Waals surface area contributed by atoms with Gasteiger partial charge in [0.25, 0.3) is 5.91 Å². The first-order valence-corrected chi connectivity index (χ1v) is 12.5. The van der Waals surface area contributed by atoms with Crippen LogP contribution in [0, 0.1) is 5.82 Å². The number of hydrogen-bond acceptors (Lipinski definition) is 5. The smallest absolute Gasteiger partial charge is 0.319 e. The van der Waals surface area contributed by atoms with Crippen molar-refractivity contribution in [2.45, 2.75) is 63.9 Å². The van der Waals surface area contributed by atoms with Crippen LogP contribution in [0.4, 0.5) is 14.9 Å².